The minimum atomic E-state index is -1.06. The van der Waals surface area contributed by atoms with Crippen LogP contribution in [0.3, 0.4) is 0 Å². The molecule has 0 fully saturated rings. The Morgan fingerprint density at radius 3 is 2.51 bits per heavy atom. The van der Waals surface area contributed by atoms with Crippen molar-refractivity contribution in [2.75, 3.05) is 20.3 Å². The van der Waals surface area contributed by atoms with E-state index >= 15 is 0 Å². The molecule has 8 heteroatoms. The molecule has 2 aliphatic rings. The van der Waals surface area contributed by atoms with Gasteiger partial charge in [-0.3, -0.25) is 9.59 Å². The Kier molecular flexibility index (Phi) is 7.40. The average Bonchev–Trinajstić information content (AvgIpc) is 3.38. The second kappa shape index (κ2) is 10.5. The first-order valence-electron chi connectivity index (χ1n) is 11.7. The third kappa shape index (κ3) is 4.50. The van der Waals surface area contributed by atoms with E-state index in [1.165, 1.54) is 11.3 Å². The number of ketones is 1. The number of carbonyl (C=O) groups excluding carboxylic acids is 3. The van der Waals surface area contributed by atoms with Crippen molar-refractivity contribution in [1.82, 2.24) is 5.32 Å². The molecule has 1 aliphatic heterocycles. The van der Waals surface area contributed by atoms with E-state index in [1.54, 1.807) is 21.0 Å². The van der Waals surface area contributed by atoms with Gasteiger partial charge in [0.25, 0.3) is 0 Å². The summed E-state index contributed by atoms with van der Waals surface area (Å²) in [4.78, 5) is 40.4. The molecule has 0 saturated heterocycles. The maximum Gasteiger partial charge on any atom is 0.336 e. The Labute approximate surface area is 208 Å². The van der Waals surface area contributed by atoms with E-state index in [0.717, 1.165) is 11.1 Å². The number of hydrogen-bond donors (Lipinski definition) is 1. The second-order valence-corrected chi connectivity index (χ2v) is 9.19. The number of thiophene rings is 1. The highest BCUT2D eigenvalue weighted by Crippen LogP contribution is 2.49. The Hall–Kier alpha value is -3.39. The number of methoxy groups -OCH3 is 1. The zero-order chi connectivity index (χ0) is 25.1. The van der Waals surface area contributed by atoms with Crippen LogP contribution in [0.25, 0.3) is 0 Å². The largest absolute Gasteiger partial charge is 0.496 e. The van der Waals surface area contributed by atoms with Crippen molar-refractivity contribution >= 4 is 29.1 Å². The van der Waals surface area contributed by atoms with Crippen LogP contribution in [0.4, 0.5) is 0 Å². The molecule has 0 bridgehead atoms. The quantitative estimate of drug-likeness (QED) is 0.448. The van der Waals surface area contributed by atoms with Gasteiger partial charge >= 0.3 is 11.9 Å². The van der Waals surface area contributed by atoms with Gasteiger partial charge in [0.2, 0.25) is 0 Å². The molecule has 2 heterocycles. The fourth-order valence-corrected chi connectivity index (χ4v) is 5.74. The molecule has 1 aromatic carbocycles. The van der Waals surface area contributed by atoms with Crippen LogP contribution < -0.4 is 10.1 Å². The van der Waals surface area contributed by atoms with Crippen LogP contribution in [0, 0.1) is 5.92 Å². The lowest BCUT2D eigenvalue weighted by atomic mass is 9.67. The summed E-state index contributed by atoms with van der Waals surface area (Å²) in [7, 11) is 1.57. The molecule has 3 atom stereocenters. The number of carbonyl (C=O) groups is 3. The number of allylic oxidation sites excluding steroid dienone is 3. The summed E-state index contributed by atoms with van der Waals surface area (Å²) in [6.45, 7) is 5.65. The van der Waals surface area contributed by atoms with Crippen LogP contribution in [-0.2, 0) is 23.9 Å². The lowest BCUT2D eigenvalue weighted by molar-refractivity contribution is -0.152. The van der Waals surface area contributed by atoms with E-state index in [0.29, 0.717) is 34.7 Å². The summed E-state index contributed by atoms with van der Waals surface area (Å²) >= 11 is 1.48. The molecule has 35 heavy (non-hydrogen) atoms. The van der Waals surface area contributed by atoms with Gasteiger partial charge in [0.05, 0.1) is 25.9 Å². The maximum atomic E-state index is 14.2. The molecule has 0 amide bonds. The van der Waals surface area contributed by atoms with Crippen molar-refractivity contribution in [1.29, 1.82) is 0 Å². The molecule has 0 spiro atoms. The first kappa shape index (κ1) is 24.7. The Balaban J connectivity index is 1.89. The van der Waals surface area contributed by atoms with Gasteiger partial charge in [0.15, 0.2) is 5.78 Å². The minimum absolute atomic E-state index is 0.159. The van der Waals surface area contributed by atoms with Gasteiger partial charge in [-0.05, 0) is 61.2 Å². The number of benzene rings is 1. The second-order valence-electron chi connectivity index (χ2n) is 8.41. The van der Waals surface area contributed by atoms with Gasteiger partial charge in [0.1, 0.15) is 11.7 Å². The number of hydrogen-bond acceptors (Lipinski definition) is 8. The molecule has 0 saturated carbocycles. The van der Waals surface area contributed by atoms with Crippen LogP contribution in [0.2, 0.25) is 0 Å². The van der Waals surface area contributed by atoms with Gasteiger partial charge in [-0.15, -0.1) is 0 Å². The van der Waals surface area contributed by atoms with Gasteiger partial charge in [0, 0.05) is 28.8 Å². The molecule has 184 valence electrons. The topological polar surface area (TPSA) is 90.9 Å². The van der Waals surface area contributed by atoms with Gasteiger partial charge < -0.3 is 19.5 Å². The molecule has 7 nitrogen and oxygen atoms in total. The van der Waals surface area contributed by atoms with Crippen LogP contribution in [-0.4, -0.2) is 38.0 Å². The number of para-hydroxylation sites is 1. The number of ether oxygens (including phenoxy) is 3. The maximum absolute atomic E-state index is 14.2. The lowest BCUT2D eigenvalue weighted by Crippen LogP contribution is -2.43. The molecule has 4 rings (SSSR count). The first-order valence-corrected chi connectivity index (χ1v) is 12.6. The fraction of sp³-hybridized carbons (Fsp3) is 0.370. The van der Waals surface area contributed by atoms with Crippen LogP contribution in [0.5, 0.6) is 5.75 Å². The molecular formula is C27H29NO6S. The zero-order valence-corrected chi connectivity index (χ0v) is 21.1. The fourth-order valence-electron chi connectivity index (χ4n) is 5.05. The molecule has 0 radical (unpaired) electrons. The summed E-state index contributed by atoms with van der Waals surface area (Å²) in [5, 5.41) is 7.14. The highest BCUT2D eigenvalue weighted by molar-refractivity contribution is 7.08. The normalized spacial score (nSPS) is 21.8. The third-order valence-corrected chi connectivity index (χ3v) is 7.17. The SMILES string of the molecule is CCOC(=O)C1=C(C)NC2=C(C(=O)[C@@H](C(=O)OCC)[C@H](c3ccccc3OC)C2)[C@@H]1c1ccsc1. The Morgan fingerprint density at radius 2 is 1.86 bits per heavy atom. The Bertz CT molecular complexity index is 1200. The van der Waals surface area contributed by atoms with E-state index < -0.39 is 29.7 Å². The van der Waals surface area contributed by atoms with Crippen molar-refractivity contribution in [3.63, 3.8) is 0 Å². The van der Waals surface area contributed by atoms with Gasteiger partial charge in [-0.2, -0.15) is 11.3 Å². The van der Waals surface area contributed by atoms with E-state index in [-0.39, 0.29) is 19.0 Å². The average molecular weight is 496 g/mol. The van der Waals surface area contributed by atoms with Crippen molar-refractivity contribution in [3.05, 3.63) is 74.8 Å². The zero-order valence-electron chi connectivity index (χ0n) is 20.3. The molecular weight excluding hydrogens is 466 g/mol. The summed E-state index contributed by atoms with van der Waals surface area (Å²) in [5.41, 5.74) is 3.72. The first-order chi connectivity index (χ1) is 16.9. The van der Waals surface area contributed by atoms with Crippen molar-refractivity contribution in [2.24, 2.45) is 5.92 Å². The van der Waals surface area contributed by atoms with E-state index in [2.05, 4.69) is 5.32 Å². The van der Waals surface area contributed by atoms with Gasteiger partial charge in [-0.1, -0.05) is 18.2 Å². The summed E-state index contributed by atoms with van der Waals surface area (Å²) in [6, 6.07) is 9.30. The van der Waals surface area contributed by atoms with Crippen molar-refractivity contribution < 1.29 is 28.6 Å². The highest BCUT2D eigenvalue weighted by atomic mass is 32.1. The number of rotatable bonds is 7. The van der Waals surface area contributed by atoms with Gasteiger partial charge in [-0.25, -0.2) is 4.79 Å². The van der Waals surface area contributed by atoms with Crippen LogP contribution in [0.15, 0.2) is 63.6 Å². The number of dihydropyridines is 1. The van der Waals surface area contributed by atoms with E-state index in [9.17, 15) is 14.4 Å². The standard InChI is InChI=1S/C27H29NO6S/c1-5-33-26(30)21-15(3)28-19-13-18(17-9-7-8-10-20(17)32-4)23(27(31)34-6-2)25(29)24(19)22(21)16-11-12-35-14-16/h7-12,14,18,22-23,28H,5-6,13H2,1-4H3/t18-,22+,23-/m0/s1. The molecule has 1 aromatic heterocycles. The van der Waals surface area contributed by atoms with E-state index in [1.807, 2.05) is 48.0 Å². The molecule has 2 aromatic rings. The van der Waals surface area contributed by atoms with E-state index in [4.69, 9.17) is 14.2 Å². The summed E-state index contributed by atoms with van der Waals surface area (Å²) in [6.07, 6.45) is 0.388. The number of nitrogens with one attached hydrogen (secondary N) is 1. The van der Waals surface area contributed by atoms with Crippen molar-refractivity contribution in [3.8, 4) is 5.75 Å². The van der Waals surface area contributed by atoms with Crippen LogP contribution >= 0.6 is 11.3 Å². The Morgan fingerprint density at radius 1 is 1.11 bits per heavy atom. The highest BCUT2D eigenvalue weighted by Gasteiger charge is 2.49. The van der Waals surface area contributed by atoms with Crippen LogP contribution in [0.1, 0.15) is 50.2 Å². The smallest absolute Gasteiger partial charge is 0.336 e. The predicted octanol–water partition coefficient (Wildman–Crippen LogP) is 4.47. The molecule has 0 unspecified atom stereocenters. The monoisotopic (exact) mass is 495 g/mol. The lowest BCUT2D eigenvalue weighted by Gasteiger charge is -2.39. The number of esters is 2. The summed E-state index contributed by atoms with van der Waals surface area (Å²) < 4.78 is 16.3. The van der Waals surface area contributed by atoms with Crippen molar-refractivity contribution in [2.45, 2.75) is 39.0 Å². The third-order valence-electron chi connectivity index (χ3n) is 6.47. The predicted molar refractivity (Wildman–Crippen MR) is 132 cm³/mol. The molecule has 1 aliphatic carbocycles. The number of Topliss-reactive ketones (excluding diaryl/α,β-unsaturated/α-hetero) is 1. The molecule has 1 N–H and O–H groups in total. The summed E-state index contributed by atoms with van der Waals surface area (Å²) in [5.74, 6) is -2.97. The minimum Gasteiger partial charge on any atom is -0.496 e.